The second kappa shape index (κ2) is 12.7. The Morgan fingerprint density at radius 3 is 2.14 bits per heavy atom. The van der Waals surface area contributed by atoms with Crippen LogP contribution < -0.4 is 4.90 Å². The molecule has 1 fully saturated rings. The Morgan fingerprint density at radius 2 is 1.67 bits per heavy atom. The predicted octanol–water partition coefficient (Wildman–Crippen LogP) is 5.13. The highest BCUT2D eigenvalue weighted by Crippen LogP contribution is 2.45. The number of carbonyl (C=O) groups excluding carboxylic acids is 3. The molecule has 9 nitrogen and oxygen atoms in total. The van der Waals surface area contributed by atoms with Gasteiger partial charge >= 0.3 is 12.2 Å². The normalized spacial score (nSPS) is 18.0. The fourth-order valence-electron chi connectivity index (χ4n) is 4.05. The van der Waals surface area contributed by atoms with Gasteiger partial charge in [-0.1, -0.05) is 60.6 Å². The molecule has 3 amide bonds. The van der Waals surface area contributed by atoms with E-state index in [1.807, 2.05) is 18.4 Å². The van der Waals surface area contributed by atoms with Gasteiger partial charge in [-0.25, -0.2) is 14.6 Å². The lowest BCUT2D eigenvalue weighted by atomic mass is 9.85. The topological polar surface area (TPSA) is 109 Å². The number of carbonyl (C=O) groups is 3. The number of nitrogens with zero attached hydrogens (tertiary/aromatic N) is 3. The molecule has 0 spiro atoms. The monoisotopic (exact) mass is 521 g/mol. The third kappa shape index (κ3) is 6.64. The van der Waals surface area contributed by atoms with Crippen molar-refractivity contribution in [1.82, 2.24) is 9.55 Å². The van der Waals surface area contributed by atoms with Gasteiger partial charge in [0.05, 0.1) is 31.8 Å². The largest absolute Gasteiger partial charge is 0.449 e. The number of hydrogen-bond donors (Lipinski definition) is 1. The smallest absolute Gasteiger partial charge is 0.425 e. The Kier molecular flexibility index (Phi) is 10.5. The van der Waals surface area contributed by atoms with E-state index in [0.717, 1.165) is 23.3 Å². The van der Waals surface area contributed by atoms with Gasteiger partial charge in [0.25, 0.3) is 0 Å². The van der Waals surface area contributed by atoms with Gasteiger partial charge < -0.3 is 19.1 Å². The quantitative estimate of drug-likeness (QED) is 0.244. The number of aromatic nitrogens is 1. The van der Waals surface area contributed by atoms with Crippen molar-refractivity contribution < 1.29 is 29.0 Å². The van der Waals surface area contributed by atoms with E-state index in [1.165, 1.54) is 6.20 Å². The summed E-state index contributed by atoms with van der Waals surface area (Å²) < 4.78 is 12.5. The molecule has 1 aliphatic rings. The van der Waals surface area contributed by atoms with Crippen LogP contribution in [0.2, 0.25) is 18.1 Å². The molecule has 2 heterocycles. The van der Waals surface area contributed by atoms with Gasteiger partial charge in [0, 0.05) is 6.20 Å². The predicted molar refractivity (Wildman–Crippen MR) is 141 cm³/mol. The second-order valence-corrected chi connectivity index (χ2v) is 16.0. The lowest BCUT2D eigenvalue weighted by molar-refractivity contribution is -0.150. The minimum Gasteiger partial charge on any atom is -0.449 e. The van der Waals surface area contributed by atoms with Crippen molar-refractivity contribution in [3.05, 3.63) is 23.9 Å². The molecule has 202 valence electrons. The summed E-state index contributed by atoms with van der Waals surface area (Å²) in [5.41, 5.74) is 0.736. The van der Waals surface area contributed by atoms with Crippen molar-refractivity contribution >= 4 is 32.1 Å². The van der Waals surface area contributed by atoms with Gasteiger partial charge in [-0.2, -0.15) is 4.90 Å². The summed E-state index contributed by atoms with van der Waals surface area (Å²) in [6.45, 7) is 14.9. The van der Waals surface area contributed by atoms with Crippen LogP contribution in [0, 0.1) is 5.92 Å². The summed E-state index contributed by atoms with van der Waals surface area (Å²) in [5.74, 6) is -0.251. The number of hydrogen-bond acceptors (Lipinski definition) is 7. The fraction of sp³-hybridized carbons (Fsp3) is 0.692. The summed E-state index contributed by atoms with van der Waals surface area (Å²) >= 11 is 0. The first kappa shape index (κ1) is 29.8. The summed E-state index contributed by atoms with van der Waals surface area (Å²) in [6.07, 6.45) is 3.22. The van der Waals surface area contributed by atoms with Crippen molar-refractivity contribution in [2.75, 3.05) is 24.7 Å². The van der Waals surface area contributed by atoms with Gasteiger partial charge in [0.2, 0.25) is 5.91 Å². The molecule has 0 unspecified atom stereocenters. The van der Waals surface area contributed by atoms with Crippen molar-refractivity contribution in [2.45, 2.75) is 90.9 Å². The van der Waals surface area contributed by atoms with Crippen molar-refractivity contribution in [3.63, 3.8) is 0 Å². The molecular formula is C26H43N3O6Si. The third-order valence-electron chi connectivity index (χ3n) is 7.28. The first-order valence-corrected chi connectivity index (χ1v) is 15.9. The number of ether oxygens (including phenoxy) is 2. The van der Waals surface area contributed by atoms with E-state index in [0.29, 0.717) is 19.3 Å². The Hall–Kier alpha value is -2.46. The maximum atomic E-state index is 13.2. The summed E-state index contributed by atoms with van der Waals surface area (Å²) in [6, 6.07) is 3.10. The van der Waals surface area contributed by atoms with Crippen molar-refractivity contribution in [1.29, 1.82) is 0 Å². The molecule has 0 aromatic carbocycles. The Morgan fingerprint density at radius 1 is 1.11 bits per heavy atom. The zero-order chi connectivity index (χ0) is 27.1. The minimum absolute atomic E-state index is 0.0359. The van der Waals surface area contributed by atoms with Crippen LogP contribution in [0.5, 0.6) is 0 Å². The van der Waals surface area contributed by atoms with E-state index in [1.54, 1.807) is 12.1 Å². The average Bonchev–Trinajstić information content (AvgIpc) is 2.80. The van der Waals surface area contributed by atoms with Crippen LogP contribution in [-0.4, -0.2) is 66.8 Å². The number of anilines is 1. The zero-order valence-electron chi connectivity index (χ0n) is 22.9. The number of pyridine rings is 1. The van der Waals surface area contributed by atoms with E-state index >= 15 is 0 Å². The first-order chi connectivity index (χ1) is 16.9. The highest BCUT2D eigenvalue weighted by molar-refractivity contribution is 6.80. The van der Waals surface area contributed by atoms with Gasteiger partial charge in [0.1, 0.15) is 5.82 Å². The zero-order valence-corrected chi connectivity index (χ0v) is 23.9. The number of amides is 3. The van der Waals surface area contributed by atoms with Crippen LogP contribution in [0.3, 0.4) is 0 Å². The second-order valence-electron chi connectivity index (χ2n) is 10.9. The summed E-state index contributed by atoms with van der Waals surface area (Å²) in [7, 11) is -2.14. The Labute approximate surface area is 216 Å². The molecule has 10 heteroatoms. The standard InChI is InChI=1S/C26H43N3O6Si/c1-8-10-14-34-24(32)28(25(33)35-15-11-9-2)22-17-19(12-13-27-22)16-20-21(18-30)29(23(20)31)36(6,7)26(3,4)5/h12-13,17,20-21,30H,8-11,14-16,18H2,1-7H3/t20-,21-/m1/s1. The maximum absolute atomic E-state index is 13.2. The number of β-lactam (4-membered cyclic amide) rings is 1. The summed E-state index contributed by atoms with van der Waals surface area (Å²) in [4.78, 5) is 43.8. The van der Waals surface area contributed by atoms with Crippen LogP contribution >= 0.6 is 0 Å². The maximum Gasteiger partial charge on any atom is 0.425 e. The van der Waals surface area contributed by atoms with Crippen LogP contribution in [-0.2, 0) is 20.7 Å². The van der Waals surface area contributed by atoms with Gasteiger partial charge in [-0.05, 0) is 42.0 Å². The van der Waals surface area contributed by atoms with Crippen LogP contribution in [0.25, 0.3) is 0 Å². The molecule has 0 aliphatic carbocycles. The number of imide groups is 1. The van der Waals surface area contributed by atoms with Gasteiger partial charge in [0.15, 0.2) is 8.24 Å². The van der Waals surface area contributed by atoms with Crippen LogP contribution in [0.15, 0.2) is 18.3 Å². The Balaban J connectivity index is 2.25. The van der Waals surface area contributed by atoms with E-state index in [9.17, 15) is 19.5 Å². The van der Waals surface area contributed by atoms with E-state index in [-0.39, 0.29) is 48.5 Å². The van der Waals surface area contributed by atoms with Crippen molar-refractivity contribution in [2.24, 2.45) is 5.92 Å². The Bertz CT molecular complexity index is 895. The highest BCUT2D eigenvalue weighted by atomic mass is 28.3. The highest BCUT2D eigenvalue weighted by Gasteiger charge is 2.56. The molecule has 1 aliphatic heterocycles. The fourth-order valence-corrected chi connectivity index (χ4v) is 6.58. The SMILES string of the molecule is CCCCOC(=O)N(C(=O)OCCCC)c1cc(C[C@H]2C(=O)N([Si](C)(C)C(C)(C)C)[C@@H]2CO)ccn1. The van der Waals surface area contributed by atoms with E-state index < -0.39 is 20.4 Å². The molecule has 0 radical (unpaired) electrons. The molecular weight excluding hydrogens is 478 g/mol. The minimum atomic E-state index is -2.14. The number of rotatable bonds is 11. The molecule has 1 saturated heterocycles. The number of aliphatic hydroxyl groups excluding tert-OH is 1. The molecule has 2 rings (SSSR count). The summed E-state index contributed by atoms with van der Waals surface area (Å²) in [5, 5.41) is 10.1. The van der Waals surface area contributed by atoms with Crippen LogP contribution in [0.1, 0.15) is 65.9 Å². The van der Waals surface area contributed by atoms with Crippen molar-refractivity contribution in [3.8, 4) is 0 Å². The molecule has 0 saturated carbocycles. The van der Waals surface area contributed by atoms with Crippen LogP contribution in [0.4, 0.5) is 15.4 Å². The molecule has 1 N–H and O–H groups in total. The molecule has 0 bridgehead atoms. The number of aliphatic hydroxyl groups is 1. The van der Waals surface area contributed by atoms with E-state index in [2.05, 4.69) is 38.8 Å². The lowest BCUT2D eigenvalue weighted by Gasteiger charge is -2.58. The van der Waals surface area contributed by atoms with E-state index in [4.69, 9.17) is 9.47 Å². The first-order valence-electron chi connectivity index (χ1n) is 12.9. The van der Waals surface area contributed by atoms with Gasteiger partial charge in [-0.3, -0.25) is 4.79 Å². The van der Waals surface area contributed by atoms with Gasteiger partial charge in [-0.15, -0.1) is 0 Å². The molecule has 1 aromatic rings. The molecule has 2 atom stereocenters. The molecule has 36 heavy (non-hydrogen) atoms. The molecule has 1 aromatic heterocycles. The lowest BCUT2D eigenvalue weighted by Crippen LogP contribution is -2.74. The average molecular weight is 522 g/mol. The third-order valence-corrected chi connectivity index (χ3v) is 12.7. The number of unbranched alkanes of at least 4 members (excludes halogenated alkanes) is 2.